The highest BCUT2D eigenvalue weighted by molar-refractivity contribution is 7.14. The average molecular weight is 437 g/mol. The van der Waals surface area contributed by atoms with E-state index >= 15 is 0 Å². The number of aromatic nitrogens is 1. The Bertz CT molecular complexity index is 1140. The van der Waals surface area contributed by atoms with Crippen LogP contribution in [0.4, 0.5) is 15.2 Å². The highest BCUT2D eigenvalue weighted by Crippen LogP contribution is 2.32. The summed E-state index contributed by atoms with van der Waals surface area (Å²) in [5.74, 6) is -0.342. The molecule has 0 radical (unpaired) electrons. The van der Waals surface area contributed by atoms with E-state index in [1.807, 2.05) is 24.3 Å². The standard InChI is InChI=1S/C23H20FN3O3S/c1-15(28)27(20-8-4-3-7-18(20)24)23-25-16(14-31-23)10-11-22(29)26-19-12-13-30-21-9-5-2-6-17(19)21/h2-11,14,19H,12-13H2,1H3,(H,26,29)/b11-10+. The lowest BCUT2D eigenvalue weighted by Gasteiger charge is -2.26. The Kier molecular flexibility index (Phi) is 6.08. The molecule has 0 aliphatic carbocycles. The van der Waals surface area contributed by atoms with E-state index < -0.39 is 5.82 Å². The molecule has 0 spiro atoms. The highest BCUT2D eigenvalue weighted by Gasteiger charge is 2.22. The number of rotatable bonds is 5. The van der Waals surface area contributed by atoms with Gasteiger partial charge in [0.2, 0.25) is 11.8 Å². The van der Waals surface area contributed by atoms with Crippen LogP contribution in [0.3, 0.4) is 0 Å². The van der Waals surface area contributed by atoms with Crippen molar-refractivity contribution in [2.75, 3.05) is 11.5 Å². The van der Waals surface area contributed by atoms with E-state index in [1.165, 1.54) is 41.4 Å². The fraction of sp³-hybridized carbons (Fsp3) is 0.174. The number of thiazole rings is 1. The maximum atomic E-state index is 14.2. The summed E-state index contributed by atoms with van der Waals surface area (Å²) in [7, 11) is 0. The van der Waals surface area contributed by atoms with E-state index in [0.29, 0.717) is 23.9 Å². The maximum absolute atomic E-state index is 14.2. The van der Waals surface area contributed by atoms with Crippen molar-refractivity contribution in [2.45, 2.75) is 19.4 Å². The summed E-state index contributed by atoms with van der Waals surface area (Å²) in [6.45, 7) is 1.89. The van der Waals surface area contributed by atoms with E-state index in [9.17, 15) is 14.0 Å². The van der Waals surface area contributed by atoms with Crippen molar-refractivity contribution in [3.8, 4) is 5.75 Å². The quantitative estimate of drug-likeness (QED) is 0.592. The third-order valence-corrected chi connectivity index (χ3v) is 5.63. The van der Waals surface area contributed by atoms with Gasteiger partial charge in [-0.1, -0.05) is 30.3 Å². The van der Waals surface area contributed by atoms with E-state index in [1.54, 1.807) is 23.6 Å². The molecule has 0 saturated heterocycles. The Morgan fingerprint density at radius 1 is 1.23 bits per heavy atom. The number of anilines is 2. The van der Waals surface area contributed by atoms with Crippen LogP contribution in [0.1, 0.15) is 30.6 Å². The number of halogens is 1. The van der Waals surface area contributed by atoms with Gasteiger partial charge < -0.3 is 10.1 Å². The predicted octanol–water partition coefficient (Wildman–Crippen LogP) is 4.62. The van der Waals surface area contributed by atoms with Crippen LogP contribution in [-0.4, -0.2) is 23.4 Å². The number of carbonyl (C=O) groups is 2. The zero-order valence-electron chi connectivity index (χ0n) is 16.7. The highest BCUT2D eigenvalue weighted by atomic mass is 32.1. The Hall–Kier alpha value is -3.52. The first kappa shape index (κ1) is 20.7. The van der Waals surface area contributed by atoms with Crippen LogP contribution in [0.5, 0.6) is 5.75 Å². The molecule has 0 bridgehead atoms. The van der Waals surface area contributed by atoms with Gasteiger partial charge in [0.1, 0.15) is 11.6 Å². The molecule has 1 aromatic heterocycles. The second-order valence-electron chi connectivity index (χ2n) is 6.93. The number of hydrogen-bond donors (Lipinski definition) is 1. The number of nitrogens with zero attached hydrogens (tertiary/aromatic N) is 2. The number of carbonyl (C=O) groups excluding carboxylic acids is 2. The molecule has 0 fully saturated rings. The lowest BCUT2D eigenvalue weighted by Crippen LogP contribution is -2.30. The molecule has 1 aliphatic rings. The minimum atomic E-state index is -0.513. The Morgan fingerprint density at radius 2 is 2.00 bits per heavy atom. The summed E-state index contributed by atoms with van der Waals surface area (Å²) in [4.78, 5) is 30.2. The smallest absolute Gasteiger partial charge is 0.244 e. The third-order valence-electron chi connectivity index (χ3n) is 4.79. The van der Waals surface area contributed by atoms with Gasteiger partial charge in [0.15, 0.2) is 5.13 Å². The van der Waals surface area contributed by atoms with Crippen LogP contribution in [0, 0.1) is 5.82 Å². The summed E-state index contributed by atoms with van der Waals surface area (Å²) in [5.41, 5.74) is 1.59. The molecule has 1 aliphatic heterocycles. The molecule has 158 valence electrons. The van der Waals surface area contributed by atoms with Crippen LogP contribution in [0.25, 0.3) is 6.08 Å². The second-order valence-corrected chi connectivity index (χ2v) is 7.77. The van der Waals surface area contributed by atoms with E-state index in [4.69, 9.17) is 4.74 Å². The number of fused-ring (bicyclic) bond motifs is 1. The molecule has 31 heavy (non-hydrogen) atoms. The number of hydrogen-bond acceptors (Lipinski definition) is 5. The second kappa shape index (κ2) is 9.09. The summed E-state index contributed by atoms with van der Waals surface area (Å²) in [6.07, 6.45) is 3.66. The predicted molar refractivity (Wildman–Crippen MR) is 118 cm³/mol. The lowest BCUT2D eigenvalue weighted by molar-refractivity contribution is -0.117. The van der Waals surface area contributed by atoms with Crippen molar-refractivity contribution in [2.24, 2.45) is 0 Å². The number of nitrogens with one attached hydrogen (secondary N) is 1. The number of benzene rings is 2. The Balaban J connectivity index is 1.47. The molecule has 4 rings (SSSR count). The topological polar surface area (TPSA) is 71.5 Å². The maximum Gasteiger partial charge on any atom is 0.244 e. The van der Waals surface area contributed by atoms with E-state index in [0.717, 1.165) is 11.3 Å². The number of amides is 2. The molecule has 1 N–H and O–H groups in total. The van der Waals surface area contributed by atoms with Gasteiger partial charge in [-0.05, 0) is 24.3 Å². The first-order valence-corrected chi connectivity index (χ1v) is 10.6. The van der Waals surface area contributed by atoms with Crippen LogP contribution in [-0.2, 0) is 9.59 Å². The molecule has 3 aromatic rings. The normalized spacial score (nSPS) is 15.2. The summed E-state index contributed by atoms with van der Waals surface area (Å²) >= 11 is 1.20. The van der Waals surface area contributed by atoms with Crippen LogP contribution in [0.2, 0.25) is 0 Å². The van der Waals surface area contributed by atoms with Crippen molar-refractivity contribution in [1.82, 2.24) is 10.3 Å². The van der Waals surface area contributed by atoms with Gasteiger partial charge in [0, 0.05) is 30.4 Å². The molecular weight excluding hydrogens is 417 g/mol. The SMILES string of the molecule is CC(=O)N(c1nc(/C=C/C(=O)NC2CCOc3ccccc32)cs1)c1ccccc1F. The first-order valence-electron chi connectivity index (χ1n) is 9.74. The molecule has 6 nitrogen and oxygen atoms in total. The Labute approximate surface area is 183 Å². The van der Waals surface area contributed by atoms with Crippen LogP contribution >= 0.6 is 11.3 Å². The van der Waals surface area contributed by atoms with Crippen molar-refractivity contribution < 1.29 is 18.7 Å². The molecule has 2 amide bonds. The molecule has 0 saturated carbocycles. The van der Waals surface area contributed by atoms with Crippen molar-refractivity contribution in [3.63, 3.8) is 0 Å². The molecule has 2 heterocycles. The van der Waals surface area contributed by atoms with E-state index in [2.05, 4.69) is 10.3 Å². The van der Waals surface area contributed by atoms with Gasteiger partial charge in [-0.3, -0.25) is 14.5 Å². The van der Waals surface area contributed by atoms with Crippen LogP contribution < -0.4 is 15.0 Å². The van der Waals surface area contributed by atoms with Crippen molar-refractivity contribution in [1.29, 1.82) is 0 Å². The zero-order valence-corrected chi connectivity index (χ0v) is 17.6. The monoisotopic (exact) mass is 437 g/mol. The van der Waals surface area contributed by atoms with Gasteiger partial charge in [-0.15, -0.1) is 11.3 Å². The zero-order chi connectivity index (χ0) is 21.8. The van der Waals surface area contributed by atoms with Gasteiger partial charge in [-0.25, -0.2) is 9.37 Å². The lowest BCUT2D eigenvalue weighted by atomic mass is 10.0. The van der Waals surface area contributed by atoms with Gasteiger partial charge in [0.25, 0.3) is 0 Å². The summed E-state index contributed by atoms with van der Waals surface area (Å²) in [6, 6.07) is 13.5. The minimum absolute atomic E-state index is 0.123. The average Bonchev–Trinajstić information content (AvgIpc) is 3.22. The summed E-state index contributed by atoms with van der Waals surface area (Å²) in [5, 5.41) is 5.02. The number of ether oxygens (including phenoxy) is 1. The molecular formula is C23H20FN3O3S. The van der Waals surface area contributed by atoms with Crippen LogP contribution in [0.15, 0.2) is 60.0 Å². The molecule has 8 heteroatoms. The first-order chi connectivity index (χ1) is 15.0. The molecule has 1 atom stereocenters. The van der Waals surface area contributed by atoms with Crippen molar-refractivity contribution in [3.05, 3.63) is 77.1 Å². The number of para-hydroxylation sites is 2. The third kappa shape index (κ3) is 4.64. The molecule has 2 aromatic carbocycles. The van der Waals surface area contributed by atoms with E-state index in [-0.39, 0.29) is 23.5 Å². The van der Waals surface area contributed by atoms with Crippen molar-refractivity contribution >= 4 is 40.0 Å². The Morgan fingerprint density at radius 3 is 2.81 bits per heavy atom. The fourth-order valence-electron chi connectivity index (χ4n) is 3.37. The fourth-order valence-corrected chi connectivity index (χ4v) is 4.22. The van der Waals surface area contributed by atoms with Gasteiger partial charge in [-0.2, -0.15) is 0 Å². The summed E-state index contributed by atoms with van der Waals surface area (Å²) < 4.78 is 19.8. The van der Waals surface area contributed by atoms with Gasteiger partial charge in [0.05, 0.1) is 24.0 Å². The molecule has 1 unspecified atom stereocenters. The minimum Gasteiger partial charge on any atom is -0.493 e. The largest absolute Gasteiger partial charge is 0.493 e. The van der Waals surface area contributed by atoms with Gasteiger partial charge >= 0.3 is 0 Å².